The topological polar surface area (TPSA) is 83.6 Å². The molecule has 0 spiro atoms. The number of carbonyl (C=O) groups is 2. The molecular weight excluding hydrogens is 280 g/mol. The molecule has 1 amide bonds. The summed E-state index contributed by atoms with van der Waals surface area (Å²) in [6, 6.07) is -0.781. The van der Waals surface area contributed by atoms with E-state index in [2.05, 4.69) is 5.16 Å². The van der Waals surface area contributed by atoms with Gasteiger partial charge in [0.25, 0.3) is 5.91 Å². The number of hydrogen-bond acceptors (Lipinski definition) is 5. The van der Waals surface area contributed by atoms with Crippen LogP contribution in [0.15, 0.2) is 4.52 Å². The molecule has 1 aromatic rings. The summed E-state index contributed by atoms with van der Waals surface area (Å²) in [6.45, 7) is 5.52. The Kier molecular flexibility index (Phi) is 4.37. The Labute approximate surface area is 121 Å². The number of amides is 1. The van der Waals surface area contributed by atoms with Crippen molar-refractivity contribution in [3.05, 3.63) is 17.0 Å². The zero-order valence-corrected chi connectivity index (χ0v) is 12.6. The highest BCUT2D eigenvalue weighted by molar-refractivity contribution is 8.00. The zero-order chi connectivity index (χ0) is 14.9. The second-order valence-electron chi connectivity index (χ2n) is 4.68. The fraction of sp³-hybridized carbons (Fsp3) is 0.615. The van der Waals surface area contributed by atoms with E-state index in [4.69, 9.17) is 4.52 Å². The monoisotopic (exact) mass is 298 g/mol. The van der Waals surface area contributed by atoms with Crippen LogP contribution < -0.4 is 0 Å². The van der Waals surface area contributed by atoms with Gasteiger partial charge in [-0.2, -0.15) is 0 Å². The predicted octanol–water partition coefficient (Wildman–Crippen LogP) is 1.92. The van der Waals surface area contributed by atoms with Crippen LogP contribution in [0.2, 0.25) is 0 Å². The Morgan fingerprint density at radius 2 is 2.20 bits per heavy atom. The minimum atomic E-state index is -0.964. The molecule has 1 aliphatic heterocycles. The van der Waals surface area contributed by atoms with Crippen LogP contribution in [0, 0.1) is 6.92 Å². The molecule has 6 nitrogen and oxygen atoms in total. The van der Waals surface area contributed by atoms with E-state index < -0.39 is 12.0 Å². The Bertz CT molecular complexity index is 528. The normalized spacial score (nSPS) is 22.2. The van der Waals surface area contributed by atoms with Crippen molar-refractivity contribution in [2.45, 2.75) is 45.0 Å². The van der Waals surface area contributed by atoms with Crippen LogP contribution in [0.4, 0.5) is 0 Å². The van der Waals surface area contributed by atoms with Gasteiger partial charge in [-0.1, -0.05) is 19.0 Å². The summed E-state index contributed by atoms with van der Waals surface area (Å²) < 4.78 is 5.08. The SMILES string of the molecule is CCc1noc(C)c1C(=O)N1C(CC)SCC1C(=O)O. The second kappa shape index (κ2) is 5.87. The first-order valence-electron chi connectivity index (χ1n) is 6.63. The van der Waals surface area contributed by atoms with Gasteiger partial charge in [0, 0.05) is 5.75 Å². The third-order valence-electron chi connectivity index (χ3n) is 3.44. The molecule has 110 valence electrons. The van der Waals surface area contributed by atoms with Crippen molar-refractivity contribution in [2.24, 2.45) is 0 Å². The molecule has 1 fully saturated rings. The molecule has 0 radical (unpaired) electrons. The molecule has 0 bridgehead atoms. The van der Waals surface area contributed by atoms with Crippen LogP contribution in [-0.4, -0.2) is 44.2 Å². The minimum Gasteiger partial charge on any atom is -0.480 e. The van der Waals surface area contributed by atoms with Crippen LogP contribution in [0.5, 0.6) is 0 Å². The molecule has 7 heteroatoms. The predicted molar refractivity (Wildman–Crippen MR) is 74.7 cm³/mol. The van der Waals surface area contributed by atoms with E-state index in [0.717, 1.165) is 0 Å². The summed E-state index contributed by atoms with van der Waals surface area (Å²) in [5.41, 5.74) is 1.00. The molecule has 20 heavy (non-hydrogen) atoms. The van der Waals surface area contributed by atoms with E-state index in [1.165, 1.54) is 16.7 Å². The van der Waals surface area contributed by atoms with Gasteiger partial charge >= 0.3 is 5.97 Å². The Hall–Kier alpha value is -1.50. The number of nitrogens with zero attached hydrogens (tertiary/aromatic N) is 2. The third kappa shape index (κ3) is 2.42. The van der Waals surface area contributed by atoms with E-state index >= 15 is 0 Å². The number of carbonyl (C=O) groups excluding carboxylic acids is 1. The van der Waals surface area contributed by atoms with E-state index in [1.807, 2.05) is 13.8 Å². The van der Waals surface area contributed by atoms with Gasteiger partial charge in [0.1, 0.15) is 17.4 Å². The molecule has 2 rings (SSSR count). The lowest BCUT2D eigenvalue weighted by atomic mass is 10.1. The molecule has 1 N–H and O–H groups in total. The van der Waals surface area contributed by atoms with Crippen molar-refractivity contribution < 1.29 is 19.2 Å². The summed E-state index contributed by atoms with van der Waals surface area (Å²) >= 11 is 1.51. The standard InChI is InChI=1S/C13H18N2O4S/c1-4-8-11(7(3)19-14-8)12(16)15-9(13(17)18)6-20-10(15)5-2/h9-10H,4-6H2,1-3H3,(H,17,18). The molecule has 0 aromatic carbocycles. The highest BCUT2D eigenvalue weighted by atomic mass is 32.2. The number of carboxylic acids is 1. The van der Waals surface area contributed by atoms with E-state index in [-0.39, 0.29) is 11.3 Å². The number of aliphatic carboxylic acids is 1. The van der Waals surface area contributed by atoms with E-state index in [9.17, 15) is 14.7 Å². The van der Waals surface area contributed by atoms with Crippen molar-refractivity contribution in [1.29, 1.82) is 0 Å². The van der Waals surface area contributed by atoms with Crippen molar-refractivity contribution >= 4 is 23.6 Å². The van der Waals surface area contributed by atoms with Crippen molar-refractivity contribution in [1.82, 2.24) is 10.1 Å². The lowest BCUT2D eigenvalue weighted by molar-refractivity contribution is -0.141. The largest absolute Gasteiger partial charge is 0.480 e. The summed E-state index contributed by atoms with van der Waals surface area (Å²) in [5, 5.41) is 13.1. The quantitative estimate of drug-likeness (QED) is 0.914. The van der Waals surface area contributed by atoms with Gasteiger partial charge in [-0.3, -0.25) is 4.79 Å². The molecule has 1 aromatic heterocycles. The summed E-state index contributed by atoms with van der Waals surface area (Å²) in [6.07, 6.45) is 1.29. The smallest absolute Gasteiger partial charge is 0.327 e. The summed E-state index contributed by atoms with van der Waals surface area (Å²) in [4.78, 5) is 25.5. The van der Waals surface area contributed by atoms with Crippen LogP contribution in [0.25, 0.3) is 0 Å². The van der Waals surface area contributed by atoms with Crippen molar-refractivity contribution in [3.63, 3.8) is 0 Å². The lowest BCUT2D eigenvalue weighted by Gasteiger charge is -2.26. The Balaban J connectivity index is 2.38. The average Bonchev–Trinajstić information content (AvgIpc) is 3.00. The van der Waals surface area contributed by atoms with Gasteiger partial charge in [0.05, 0.1) is 11.1 Å². The van der Waals surface area contributed by atoms with Gasteiger partial charge in [-0.05, 0) is 19.8 Å². The summed E-state index contributed by atoms with van der Waals surface area (Å²) in [7, 11) is 0. The molecule has 2 heterocycles. The van der Waals surface area contributed by atoms with Gasteiger partial charge < -0.3 is 14.5 Å². The number of aryl methyl sites for hydroxylation is 2. The molecule has 1 aliphatic rings. The maximum absolute atomic E-state index is 12.7. The first-order chi connectivity index (χ1) is 9.51. The Morgan fingerprint density at radius 1 is 1.50 bits per heavy atom. The maximum Gasteiger partial charge on any atom is 0.327 e. The molecule has 0 saturated carbocycles. The minimum absolute atomic E-state index is 0.109. The van der Waals surface area contributed by atoms with E-state index in [0.29, 0.717) is 35.6 Å². The number of thioether (sulfide) groups is 1. The summed E-state index contributed by atoms with van der Waals surface area (Å²) in [5.74, 6) is -0.382. The van der Waals surface area contributed by atoms with E-state index in [1.54, 1.807) is 6.92 Å². The third-order valence-corrected chi connectivity index (χ3v) is 4.90. The van der Waals surface area contributed by atoms with Gasteiger partial charge in [-0.15, -0.1) is 11.8 Å². The highest BCUT2D eigenvalue weighted by Crippen LogP contribution is 2.33. The lowest BCUT2D eigenvalue weighted by Crippen LogP contribution is -2.45. The Morgan fingerprint density at radius 3 is 2.75 bits per heavy atom. The molecule has 0 aliphatic carbocycles. The van der Waals surface area contributed by atoms with Crippen LogP contribution in [0.3, 0.4) is 0 Å². The van der Waals surface area contributed by atoms with Crippen LogP contribution in [-0.2, 0) is 11.2 Å². The number of hydrogen-bond donors (Lipinski definition) is 1. The number of carboxylic acid groups (broad SMARTS) is 1. The average molecular weight is 298 g/mol. The van der Waals surface area contributed by atoms with Crippen LogP contribution in [0.1, 0.15) is 42.1 Å². The van der Waals surface area contributed by atoms with Gasteiger partial charge in [0.15, 0.2) is 0 Å². The van der Waals surface area contributed by atoms with Gasteiger partial charge in [0.2, 0.25) is 0 Å². The highest BCUT2D eigenvalue weighted by Gasteiger charge is 2.42. The zero-order valence-electron chi connectivity index (χ0n) is 11.8. The number of aromatic nitrogens is 1. The van der Waals surface area contributed by atoms with Crippen LogP contribution >= 0.6 is 11.8 Å². The number of rotatable bonds is 4. The van der Waals surface area contributed by atoms with Crippen molar-refractivity contribution in [2.75, 3.05) is 5.75 Å². The first kappa shape index (κ1) is 14.9. The molecule has 1 saturated heterocycles. The van der Waals surface area contributed by atoms with Gasteiger partial charge in [-0.25, -0.2) is 4.79 Å². The second-order valence-corrected chi connectivity index (χ2v) is 5.89. The van der Waals surface area contributed by atoms with Crippen molar-refractivity contribution in [3.8, 4) is 0 Å². The maximum atomic E-state index is 12.7. The molecule has 2 unspecified atom stereocenters. The fourth-order valence-electron chi connectivity index (χ4n) is 2.40. The molecule has 2 atom stereocenters. The fourth-order valence-corrected chi connectivity index (χ4v) is 3.75. The molecular formula is C13H18N2O4S. The first-order valence-corrected chi connectivity index (χ1v) is 7.68.